The number of aromatic nitrogens is 2. The number of nitrogens with zero attached hydrogens (tertiary/aromatic N) is 3. The van der Waals surface area contributed by atoms with Crippen LogP contribution >= 0.6 is 0 Å². The molecule has 1 aromatic carbocycles. The van der Waals surface area contributed by atoms with Gasteiger partial charge in [0.2, 0.25) is 0 Å². The number of fused-ring (bicyclic) bond motifs is 1. The number of imidazole rings is 1. The lowest BCUT2D eigenvalue weighted by molar-refractivity contribution is 0.148. The zero-order valence-electron chi connectivity index (χ0n) is 14.4. The molecule has 1 aromatic heterocycles. The Morgan fingerprint density at radius 1 is 1.20 bits per heavy atom. The molecule has 4 rings (SSSR count). The highest BCUT2D eigenvalue weighted by Crippen LogP contribution is 2.27. The first kappa shape index (κ1) is 16.8. The molecule has 2 aliphatic rings. The standard InChI is InChI=1S/C18H24N4O2S/c1-21-12-18(19-13-21)25(23,24)20-16-7-4-8-22(11-16)17-9-14-5-2-3-6-15(14)10-17/h2-3,5-6,12-13,16-17,20H,4,7-11H2,1H3/t16-/m0/s1. The number of aryl methyl sites for hydroxylation is 1. The Hall–Kier alpha value is -1.70. The minimum atomic E-state index is -3.55. The fourth-order valence-electron chi connectivity index (χ4n) is 4.04. The first-order chi connectivity index (χ1) is 12.0. The molecule has 1 aliphatic heterocycles. The van der Waals surface area contributed by atoms with Gasteiger partial charge in [-0.3, -0.25) is 4.90 Å². The van der Waals surface area contributed by atoms with Gasteiger partial charge in [0.15, 0.2) is 5.03 Å². The SMILES string of the molecule is Cn1cnc(S(=O)(=O)N[C@H]2CCCN(C3Cc4ccccc4C3)C2)c1. The van der Waals surface area contributed by atoms with Crippen molar-refractivity contribution in [2.75, 3.05) is 13.1 Å². The minimum Gasteiger partial charge on any atom is -0.339 e. The van der Waals surface area contributed by atoms with Crippen LogP contribution in [-0.2, 0) is 29.9 Å². The molecule has 1 aliphatic carbocycles. The Morgan fingerprint density at radius 3 is 2.56 bits per heavy atom. The monoisotopic (exact) mass is 360 g/mol. The molecule has 0 spiro atoms. The molecule has 0 unspecified atom stereocenters. The molecule has 1 N–H and O–H groups in total. The normalized spacial score (nSPS) is 22.2. The van der Waals surface area contributed by atoms with Crippen LogP contribution in [0.15, 0.2) is 41.8 Å². The highest BCUT2D eigenvalue weighted by molar-refractivity contribution is 7.89. The molecule has 2 heterocycles. The number of benzene rings is 1. The fraction of sp³-hybridized carbons (Fsp3) is 0.500. The summed E-state index contributed by atoms with van der Waals surface area (Å²) in [6.45, 7) is 1.81. The highest BCUT2D eigenvalue weighted by Gasteiger charge is 2.32. The molecule has 0 radical (unpaired) electrons. The zero-order chi connectivity index (χ0) is 17.4. The maximum atomic E-state index is 12.5. The number of sulfonamides is 1. The molecule has 1 fully saturated rings. The van der Waals surface area contributed by atoms with Crippen LogP contribution < -0.4 is 4.72 Å². The lowest BCUT2D eigenvalue weighted by atomic mass is 10.0. The molecule has 2 aromatic rings. The van der Waals surface area contributed by atoms with E-state index in [1.807, 2.05) is 0 Å². The van der Waals surface area contributed by atoms with Crippen molar-refractivity contribution in [1.29, 1.82) is 0 Å². The number of nitrogens with one attached hydrogen (secondary N) is 1. The molecule has 0 amide bonds. The largest absolute Gasteiger partial charge is 0.339 e. The van der Waals surface area contributed by atoms with Crippen molar-refractivity contribution in [2.45, 2.75) is 42.8 Å². The molecule has 0 bridgehead atoms. The summed E-state index contributed by atoms with van der Waals surface area (Å²) in [7, 11) is -1.78. The Labute approximate surface area is 148 Å². The van der Waals surface area contributed by atoms with E-state index >= 15 is 0 Å². The van der Waals surface area contributed by atoms with Crippen molar-refractivity contribution >= 4 is 10.0 Å². The Balaban J connectivity index is 1.42. The van der Waals surface area contributed by atoms with Crippen LogP contribution in [0.2, 0.25) is 0 Å². The Kier molecular flexibility index (Phi) is 4.39. The number of piperidine rings is 1. The van der Waals surface area contributed by atoms with Gasteiger partial charge in [0, 0.05) is 31.9 Å². The smallest absolute Gasteiger partial charge is 0.259 e. The van der Waals surface area contributed by atoms with Crippen LogP contribution in [0, 0.1) is 0 Å². The van der Waals surface area contributed by atoms with Gasteiger partial charge in [0.25, 0.3) is 10.0 Å². The first-order valence-electron chi connectivity index (χ1n) is 8.82. The summed E-state index contributed by atoms with van der Waals surface area (Å²) in [6.07, 6.45) is 7.07. The van der Waals surface area contributed by atoms with Crippen LogP contribution in [0.1, 0.15) is 24.0 Å². The topological polar surface area (TPSA) is 67.2 Å². The van der Waals surface area contributed by atoms with Crippen molar-refractivity contribution < 1.29 is 8.42 Å². The second-order valence-electron chi connectivity index (χ2n) is 7.16. The van der Waals surface area contributed by atoms with Crippen LogP contribution in [0.5, 0.6) is 0 Å². The lowest BCUT2D eigenvalue weighted by Crippen LogP contribution is -2.51. The molecule has 6 nitrogen and oxygen atoms in total. The minimum absolute atomic E-state index is 0.0514. The van der Waals surface area contributed by atoms with Gasteiger partial charge in [-0.05, 0) is 43.4 Å². The van der Waals surface area contributed by atoms with Crippen molar-refractivity contribution in [3.05, 3.63) is 47.9 Å². The average Bonchev–Trinajstić information content (AvgIpc) is 3.21. The van der Waals surface area contributed by atoms with E-state index in [0.717, 1.165) is 38.8 Å². The van der Waals surface area contributed by atoms with E-state index in [4.69, 9.17) is 0 Å². The van der Waals surface area contributed by atoms with E-state index in [-0.39, 0.29) is 11.1 Å². The van der Waals surface area contributed by atoms with Gasteiger partial charge in [-0.1, -0.05) is 24.3 Å². The van der Waals surface area contributed by atoms with E-state index in [9.17, 15) is 8.42 Å². The first-order valence-corrected chi connectivity index (χ1v) is 10.3. The van der Waals surface area contributed by atoms with Gasteiger partial charge in [0.05, 0.1) is 6.33 Å². The van der Waals surface area contributed by atoms with Crippen LogP contribution in [0.25, 0.3) is 0 Å². The maximum absolute atomic E-state index is 12.5. The number of rotatable bonds is 4. The van der Waals surface area contributed by atoms with Gasteiger partial charge < -0.3 is 4.57 Å². The van der Waals surface area contributed by atoms with Gasteiger partial charge in [-0.2, -0.15) is 0 Å². The molecular weight excluding hydrogens is 336 g/mol. The molecule has 7 heteroatoms. The average molecular weight is 360 g/mol. The quantitative estimate of drug-likeness (QED) is 0.893. The van der Waals surface area contributed by atoms with Crippen molar-refractivity contribution in [1.82, 2.24) is 19.2 Å². The van der Waals surface area contributed by atoms with Gasteiger partial charge in [-0.15, -0.1) is 0 Å². The summed E-state index contributed by atoms with van der Waals surface area (Å²) in [5.41, 5.74) is 2.87. The van der Waals surface area contributed by atoms with E-state index in [1.54, 1.807) is 11.6 Å². The summed E-state index contributed by atoms with van der Waals surface area (Å²) in [4.78, 5) is 6.43. The van der Waals surface area contributed by atoms with Crippen molar-refractivity contribution in [3.63, 3.8) is 0 Å². The Bertz CT molecular complexity index is 836. The summed E-state index contributed by atoms with van der Waals surface area (Å²) in [5.74, 6) is 0. The molecule has 1 saturated heterocycles. The fourth-order valence-corrected chi connectivity index (χ4v) is 5.28. The van der Waals surface area contributed by atoms with E-state index in [0.29, 0.717) is 6.04 Å². The van der Waals surface area contributed by atoms with Crippen LogP contribution in [0.4, 0.5) is 0 Å². The van der Waals surface area contributed by atoms with Crippen molar-refractivity contribution in [3.8, 4) is 0 Å². The van der Waals surface area contributed by atoms with Gasteiger partial charge in [-0.25, -0.2) is 18.1 Å². The molecule has 0 saturated carbocycles. The maximum Gasteiger partial charge on any atom is 0.259 e. The second-order valence-corrected chi connectivity index (χ2v) is 8.82. The highest BCUT2D eigenvalue weighted by atomic mass is 32.2. The number of likely N-dealkylation sites (tertiary alicyclic amines) is 1. The van der Waals surface area contributed by atoms with E-state index in [1.165, 1.54) is 23.7 Å². The van der Waals surface area contributed by atoms with Gasteiger partial charge in [0.1, 0.15) is 0 Å². The predicted octanol–water partition coefficient (Wildman–Crippen LogP) is 1.33. The molecule has 1 atom stereocenters. The van der Waals surface area contributed by atoms with E-state index < -0.39 is 10.0 Å². The summed E-state index contributed by atoms with van der Waals surface area (Å²) in [5, 5.41) is 0.0976. The van der Waals surface area contributed by atoms with Crippen molar-refractivity contribution in [2.24, 2.45) is 7.05 Å². The second kappa shape index (κ2) is 6.55. The molecule has 25 heavy (non-hydrogen) atoms. The Morgan fingerprint density at radius 2 is 1.92 bits per heavy atom. The van der Waals surface area contributed by atoms with Crippen LogP contribution in [0.3, 0.4) is 0 Å². The lowest BCUT2D eigenvalue weighted by Gasteiger charge is -2.36. The summed E-state index contributed by atoms with van der Waals surface area (Å²) in [6, 6.07) is 9.05. The van der Waals surface area contributed by atoms with Crippen LogP contribution in [-0.4, -0.2) is 48.0 Å². The zero-order valence-corrected chi connectivity index (χ0v) is 15.2. The third-order valence-electron chi connectivity index (χ3n) is 5.28. The third kappa shape index (κ3) is 3.49. The third-order valence-corrected chi connectivity index (χ3v) is 6.68. The number of hydrogen-bond acceptors (Lipinski definition) is 4. The van der Waals surface area contributed by atoms with E-state index in [2.05, 4.69) is 38.9 Å². The summed E-state index contributed by atoms with van der Waals surface area (Å²) < 4.78 is 29.5. The molecule has 134 valence electrons. The predicted molar refractivity (Wildman–Crippen MR) is 95.8 cm³/mol. The molecular formula is C18H24N4O2S. The number of hydrogen-bond donors (Lipinski definition) is 1. The summed E-state index contributed by atoms with van der Waals surface area (Å²) >= 11 is 0. The van der Waals surface area contributed by atoms with Gasteiger partial charge >= 0.3 is 0 Å².